The van der Waals surface area contributed by atoms with Crippen molar-refractivity contribution in [2.24, 2.45) is 0 Å². The molecular formula is C18H22N4O3. The van der Waals surface area contributed by atoms with Crippen molar-refractivity contribution in [3.63, 3.8) is 0 Å². The number of aromatic nitrogens is 2. The van der Waals surface area contributed by atoms with E-state index >= 15 is 0 Å². The highest BCUT2D eigenvalue weighted by Crippen LogP contribution is 2.28. The third-order valence-corrected chi connectivity index (χ3v) is 4.58. The lowest BCUT2D eigenvalue weighted by molar-refractivity contribution is -0.139. The first kappa shape index (κ1) is 17.2. The number of carbonyl (C=O) groups excluding carboxylic acids is 2. The molecule has 0 radical (unpaired) electrons. The summed E-state index contributed by atoms with van der Waals surface area (Å²) < 4.78 is 6.42. The Labute approximate surface area is 146 Å². The maximum Gasteiger partial charge on any atom is 0.309 e. The molecule has 7 nitrogen and oxygen atoms in total. The average Bonchev–Trinajstić information content (AvgIpc) is 3.19. The van der Waals surface area contributed by atoms with Crippen LogP contribution in [0.1, 0.15) is 18.4 Å². The zero-order valence-electron chi connectivity index (χ0n) is 14.2. The monoisotopic (exact) mass is 342 g/mol. The molecule has 25 heavy (non-hydrogen) atoms. The number of methoxy groups -OCH3 is 1. The summed E-state index contributed by atoms with van der Waals surface area (Å²) >= 11 is 0. The summed E-state index contributed by atoms with van der Waals surface area (Å²) in [5.74, 6) is -0.359. The van der Waals surface area contributed by atoms with Gasteiger partial charge in [-0.1, -0.05) is 12.1 Å². The molecule has 1 aromatic carbocycles. The van der Waals surface area contributed by atoms with E-state index in [9.17, 15) is 9.59 Å². The largest absolute Gasteiger partial charge is 0.469 e. The number of rotatable bonds is 5. The van der Waals surface area contributed by atoms with Gasteiger partial charge in [0.05, 0.1) is 13.5 Å². The summed E-state index contributed by atoms with van der Waals surface area (Å²) in [6, 6.07) is 9.06. The number of ether oxygens (including phenoxy) is 1. The third kappa shape index (κ3) is 3.71. The van der Waals surface area contributed by atoms with E-state index in [4.69, 9.17) is 0 Å². The highest BCUT2D eigenvalue weighted by atomic mass is 16.5. The molecule has 0 aliphatic carbocycles. The molecule has 1 saturated heterocycles. The van der Waals surface area contributed by atoms with Crippen molar-refractivity contribution >= 4 is 17.6 Å². The van der Waals surface area contributed by atoms with Gasteiger partial charge in [0.15, 0.2) is 0 Å². The van der Waals surface area contributed by atoms with Gasteiger partial charge in [-0.05, 0) is 49.7 Å². The molecule has 2 N–H and O–H groups in total. The second kappa shape index (κ2) is 7.48. The zero-order chi connectivity index (χ0) is 17.7. The minimum atomic E-state index is -0.681. The van der Waals surface area contributed by atoms with Gasteiger partial charge in [-0.2, -0.15) is 5.10 Å². The molecule has 2 heterocycles. The van der Waals surface area contributed by atoms with Gasteiger partial charge in [-0.25, -0.2) is 0 Å². The molecular weight excluding hydrogens is 320 g/mol. The quantitative estimate of drug-likeness (QED) is 0.801. The van der Waals surface area contributed by atoms with E-state index in [0.717, 1.165) is 18.7 Å². The normalized spacial score (nSPS) is 16.2. The number of anilines is 1. The number of carbonyl (C=O) groups is 2. The molecule has 132 valence electrons. The highest BCUT2D eigenvalue weighted by Gasteiger charge is 2.41. The Balaban J connectivity index is 1.74. The van der Waals surface area contributed by atoms with Crippen molar-refractivity contribution in [2.45, 2.75) is 24.8 Å². The van der Waals surface area contributed by atoms with Crippen LogP contribution < -0.4 is 10.6 Å². The van der Waals surface area contributed by atoms with Gasteiger partial charge in [0.2, 0.25) is 0 Å². The number of nitrogens with one attached hydrogen (secondary N) is 2. The van der Waals surface area contributed by atoms with Gasteiger partial charge in [0, 0.05) is 18.1 Å². The first-order valence-corrected chi connectivity index (χ1v) is 8.32. The summed E-state index contributed by atoms with van der Waals surface area (Å²) in [6.45, 7) is 1.54. The maximum atomic E-state index is 13.0. The van der Waals surface area contributed by atoms with Crippen molar-refractivity contribution in [1.29, 1.82) is 0 Å². The molecule has 2 aromatic rings. The molecule has 1 amide bonds. The predicted octanol–water partition coefficient (Wildman–Crippen LogP) is 1.32. The van der Waals surface area contributed by atoms with Gasteiger partial charge >= 0.3 is 5.97 Å². The Kier molecular flexibility index (Phi) is 5.14. The predicted molar refractivity (Wildman–Crippen MR) is 93.1 cm³/mol. The Morgan fingerprint density at radius 3 is 2.60 bits per heavy atom. The number of benzene rings is 1. The van der Waals surface area contributed by atoms with Crippen LogP contribution in [0.3, 0.4) is 0 Å². The second-order valence-electron chi connectivity index (χ2n) is 6.14. The summed E-state index contributed by atoms with van der Waals surface area (Å²) in [7, 11) is 1.37. The van der Waals surface area contributed by atoms with Crippen molar-refractivity contribution in [3.8, 4) is 0 Å². The fourth-order valence-electron chi connectivity index (χ4n) is 3.11. The summed E-state index contributed by atoms with van der Waals surface area (Å²) in [5.41, 5.74) is 0.858. The third-order valence-electron chi connectivity index (χ3n) is 4.58. The minimum Gasteiger partial charge on any atom is -0.469 e. The van der Waals surface area contributed by atoms with Gasteiger partial charge in [0.1, 0.15) is 5.54 Å². The van der Waals surface area contributed by atoms with Gasteiger partial charge in [-0.3, -0.25) is 14.3 Å². The van der Waals surface area contributed by atoms with Crippen molar-refractivity contribution in [3.05, 3.63) is 48.3 Å². The Hall–Kier alpha value is -2.67. The van der Waals surface area contributed by atoms with Crippen LogP contribution in [-0.4, -0.2) is 41.9 Å². The molecule has 1 aliphatic heterocycles. The molecule has 3 rings (SSSR count). The molecule has 0 saturated carbocycles. The van der Waals surface area contributed by atoms with E-state index in [0.29, 0.717) is 18.5 Å². The number of nitrogens with zero attached hydrogens (tertiary/aromatic N) is 2. The van der Waals surface area contributed by atoms with Crippen molar-refractivity contribution in [1.82, 2.24) is 15.1 Å². The van der Waals surface area contributed by atoms with Crippen LogP contribution in [0.4, 0.5) is 5.69 Å². The van der Waals surface area contributed by atoms with Crippen molar-refractivity contribution in [2.75, 3.05) is 25.5 Å². The lowest BCUT2D eigenvalue weighted by Gasteiger charge is -2.36. The zero-order valence-corrected chi connectivity index (χ0v) is 14.2. The van der Waals surface area contributed by atoms with E-state index in [2.05, 4.69) is 20.5 Å². The molecule has 0 spiro atoms. The Morgan fingerprint density at radius 2 is 2.00 bits per heavy atom. The summed E-state index contributed by atoms with van der Waals surface area (Å²) in [4.78, 5) is 24.3. The number of piperidine rings is 1. The molecule has 7 heteroatoms. The van der Waals surface area contributed by atoms with E-state index in [1.165, 1.54) is 7.11 Å². The highest BCUT2D eigenvalue weighted by molar-refractivity contribution is 5.96. The first-order valence-electron chi connectivity index (χ1n) is 8.32. The van der Waals surface area contributed by atoms with E-state index in [1.54, 1.807) is 23.0 Å². The van der Waals surface area contributed by atoms with Crippen LogP contribution in [0.25, 0.3) is 0 Å². The SMILES string of the molecule is COC(=O)Cc1ccc(NC(=O)C2(n3cccn3)CCNCC2)cc1. The van der Waals surface area contributed by atoms with Gasteiger partial charge < -0.3 is 15.4 Å². The average molecular weight is 342 g/mol. The fourth-order valence-corrected chi connectivity index (χ4v) is 3.11. The molecule has 0 bridgehead atoms. The van der Waals surface area contributed by atoms with Gasteiger partial charge in [-0.15, -0.1) is 0 Å². The molecule has 0 atom stereocenters. The Morgan fingerprint density at radius 1 is 1.28 bits per heavy atom. The van der Waals surface area contributed by atoms with E-state index < -0.39 is 5.54 Å². The molecule has 0 unspecified atom stereocenters. The summed E-state index contributed by atoms with van der Waals surface area (Å²) in [5, 5.41) is 10.6. The lowest BCUT2D eigenvalue weighted by atomic mass is 9.87. The second-order valence-corrected chi connectivity index (χ2v) is 6.14. The Bertz CT molecular complexity index is 719. The van der Waals surface area contributed by atoms with Crippen LogP contribution in [0, 0.1) is 0 Å². The summed E-state index contributed by atoms with van der Waals surface area (Å²) in [6.07, 6.45) is 5.11. The molecule has 1 aromatic heterocycles. The maximum absolute atomic E-state index is 13.0. The number of esters is 1. The smallest absolute Gasteiger partial charge is 0.309 e. The van der Waals surface area contributed by atoms with Crippen LogP contribution in [0.15, 0.2) is 42.7 Å². The van der Waals surface area contributed by atoms with Crippen LogP contribution in [-0.2, 0) is 26.3 Å². The standard InChI is InChI=1S/C18H22N4O3/c1-25-16(23)13-14-3-5-15(6-4-14)21-17(24)18(7-10-19-11-8-18)22-12-2-9-20-22/h2-6,9,12,19H,7-8,10-11,13H2,1H3,(H,21,24). The number of hydrogen-bond donors (Lipinski definition) is 2. The lowest BCUT2D eigenvalue weighted by Crippen LogP contribution is -2.52. The van der Waals surface area contributed by atoms with Crippen LogP contribution in [0.2, 0.25) is 0 Å². The van der Waals surface area contributed by atoms with Gasteiger partial charge in [0.25, 0.3) is 5.91 Å². The van der Waals surface area contributed by atoms with Crippen LogP contribution >= 0.6 is 0 Å². The fraction of sp³-hybridized carbons (Fsp3) is 0.389. The topological polar surface area (TPSA) is 85.2 Å². The minimum absolute atomic E-state index is 0.0709. The van der Waals surface area contributed by atoms with E-state index in [1.807, 2.05) is 24.4 Å². The van der Waals surface area contributed by atoms with E-state index in [-0.39, 0.29) is 18.3 Å². The number of hydrogen-bond acceptors (Lipinski definition) is 5. The van der Waals surface area contributed by atoms with Crippen LogP contribution in [0.5, 0.6) is 0 Å². The molecule has 1 fully saturated rings. The van der Waals surface area contributed by atoms with Crippen molar-refractivity contribution < 1.29 is 14.3 Å². The molecule has 1 aliphatic rings. The number of amides is 1. The first-order chi connectivity index (χ1) is 12.1.